The largest absolute Gasteiger partial charge is 0.324 e. The summed E-state index contributed by atoms with van der Waals surface area (Å²) in [5.41, 5.74) is 0. The Kier molecular flexibility index (Phi) is 7.19. The van der Waals surface area contributed by atoms with Crippen LogP contribution in [-0.4, -0.2) is 97.7 Å². The smallest absolute Gasteiger partial charge is 0.286 e. The highest BCUT2D eigenvalue weighted by atomic mass is 32.2. The van der Waals surface area contributed by atoms with Gasteiger partial charge in [-0.1, -0.05) is 27.7 Å². The van der Waals surface area contributed by atoms with Gasteiger partial charge in [0.2, 0.25) is 12.6 Å². The topological polar surface area (TPSA) is 118 Å². The molecule has 0 spiro atoms. The molecular formula is C18H34N4O8S2. The van der Waals surface area contributed by atoms with E-state index in [9.17, 15) is 16.8 Å². The van der Waals surface area contributed by atoms with Crippen LogP contribution in [0.3, 0.4) is 0 Å². The first-order chi connectivity index (χ1) is 15.2. The van der Waals surface area contributed by atoms with Crippen molar-refractivity contribution in [3.63, 3.8) is 0 Å². The quantitative estimate of drug-likeness (QED) is 0.472. The zero-order valence-electron chi connectivity index (χ0n) is 19.0. The first-order valence-corrected chi connectivity index (χ1v) is 14.2. The van der Waals surface area contributed by atoms with Crippen molar-refractivity contribution in [2.45, 2.75) is 90.9 Å². The summed E-state index contributed by atoms with van der Waals surface area (Å²) >= 11 is 0. The van der Waals surface area contributed by atoms with Crippen molar-refractivity contribution in [3.8, 4) is 0 Å². The van der Waals surface area contributed by atoms with Gasteiger partial charge >= 0.3 is 0 Å². The molecule has 0 N–H and O–H groups in total. The molecule has 4 heterocycles. The van der Waals surface area contributed by atoms with E-state index in [-0.39, 0.29) is 26.2 Å². The first-order valence-electron chi connectivity index (χ1n) is 11.4. The summed E-state index contributed by atoms with van der Waals surface area (Å²) in [5, 5.41) is 0. The van der Waals surface area contributed by atoms with Crippen LogP contribution in [0.1, 0.15) is 53.4 Å². The van der Waals surface area contributed by atoms with Crippen molar-refractivity contribution >= 4 is 20.4 Å². The Balaban J connectivity index is 1.63. The predicted molar refractivity (Wildman–Crippen MR) is 113 cm³/mol. The Morgan fingerprint density at radius 3 is 0.906 bits per heavy atom. The molecule has 32 heavy (non-hydrogen) atoms. The molecule has 4 atom stereocenters. The van der Waals surface area contributed by atoms with Crippen LogP contribution in [0.4, 0.5) is 0 Å². The van der Waals surface area contributed by atoms with Crippen molar-refractivity contribution in [3.05, 3.63) is 0 Å². The van der Waals surface area contributed by atoms with Gasteiger partial charge in [0.25, 0.3) is 20.4 Å². The summed E-state index contributed by atoms with van der Waals surface area (Å²) in [4.78, 5) is 0. The highest BCUT2D eigenvalue weighted by molar-refractivity contribution is 7.87. The summed E-state index contributed by atoms with van der Waals surface area (Å²) in [7, 11) is -7.53. The van der Waals surface area contributed by atoms with E-state index in [0.29, 0.717) is 25.7 Å². The fraction of sp³-hybridized carbons (Fsp3) is 1.00. The number of rotatable bonds is 8. The van der Waals surface area contributed by atoms with Crippen molar-refractivity contribution in [2.24, 2.45) is 0 Å². The summed E-state index contributed by atoms with van der Waals surface area (Å²) < 4.78 is 81.9. The van der Waals surface area contributed by atoms with Gasteiger partial charge in [0, 0.05) is 26.2 Å². The maximum Gasteiger partial charge on any atom is 0.286 e. The maximum atomic E-state index is 13.1. The van der Waals surface area contributed by atoms with Gasteiger partial charge in [0.15, 0.2) is 24.9 Å². The third-order valence-corrected chi connectivity index (χ3v) is 9.83. The fourth-order valence-electron chi connectivity index (χ4n) is 4.63. The standard InChI is InChI=1S/C18H34N4O8S2/c1-5-9-19-13-14(20(10-6-2)31(19,23)24)28-18-17(27-13)29-15-16(30-18)22(12-8-4)32(25,26)21(15)11-7-3/h13-18H,5-12H2,1-4H3. The molecule has 4 rings (SSSR count). The molecule has 0 amide bonds. The van der Waals surface area contributed by atoms with E-state index in [2.05, 4.69) is 0 Å². The van der Waals surface area contributed by atoms with Crippen LogP contribution in [0.15, 0.2) is 0 Å². The minimum Gasteiger partial charge on any atom is -0.324 e. The highest BCUT2D eigenvalue weighted by Crippen LogP contribution is 2.42. The monoisotopic (exact) mass is 498 g/mol. The first kappa shape index (κ1) is 24.7. The Labute approximate surface area is 190 Å². The van der Waals surface area contributed by atoms with E-state index in [1.165, 1.54) is 17.2 Å². The van der Waals surface area contributed by atoms with Crippen LogP contribution in [-0.2, 0) is 39.4 Å². The van der Waals surface area contributed by atoms with Crippen LogP contribution in [0.25, 0.3) is 0 Å². The molecule has 4 aliphatic rings. The Morgan fingerprint density at radius 2 is 0.719 bits per heavy atom. The van der Waals surface area contributed by atoms with Crippen LogP contribution < -0.4 is 0 Å². The number of ether oxygens (including phenoxy) is 4. The summed E-state index contributed by atoms with van der Waals surface area (Å²) in [6.45, 7) is 8.65. The summed E-state index contributed by atoms with van der Waals surface area (Å²) in [6, 6.07) is 0. The zero-order valence-corrected chi connectivity index (χ0v) is 20.6. The Bertz CT molecular complexity index is 759. The normalized spacial score (nSPS) is 39.6. The molecule has 4 saturated heterocycles. The molecule has 186 valence electrons. The molecule has 4 aliphatic heterocycles. The van der Waals surface area contributed by atoms with E-state index in [1.807, 2.05) is 27.7 Å². The third kappa shape index (κ3) is 3.82. The molecule has 0 aromatic heterocycles. The van der Waals surface area contributed by atoms with E-state index in [0.717, 1.165) is 0 Å². The highest BCUT2D eigenvalue weighted by Gasteiger charge is 2.63. The number of hydrogen-bond acceptors (Lipinski definition) is 8. The van der Waals surface area contributed by atoms with Gasteiger partial charge in [0.05, 0.1) is 0 Å². The van der Waals surface area contributed by atoms with Gasteiger partial charge in [-0.3, -0.25) is 0 Å². The molecule has 0 saturated carbocycles. The maximum absolute atomic E-state index is 13.1. The van der Waals surface area contributed by atoms with Crippen molar-refractivity contribution in [1.82, 2.24) is 17.2 Å². The number of nitrogens with zero attached hydrogens (tertiary/aromatic N) is 4. The average molecular weight is 499 g/mol. The molecule has 14 heteroatoms. The van der Waals surface area contributed by atoms with Crippen molar-refractivity contribution < 1.29 is 35.8 Å². The van der Waals surface area contributed by atoms with E-state index in [1.54, 1.807) is 0 Å². The van der Waals surface area contributed by atoms with E-state index >= 15 is 0 Å². The fourth-order valence-corrected chi connectivity index (χ4v) is 8.48. The third-order valence-electron chi connectivity index (χ3n) is 5.90. The zero-order chi connectivity index (χ0) is 23.3. The number of hydrogen-bond donors (Lipinski definition) is 0. The second-order valence-corrected chi connectivity index (χ2v) is 12.0. The lowest BCUT2D eigenvalue weighted by molar-refractivity contribution is -0.440. The van der Waals surface area contributed by atoms with Gasteiger partial charge in [0.1, 0.15) is 0 Å². The van der Waals surface area contributed by atoms with Gasteiger partial charge in [-0.25, -0.2) is 0 Å². The summed E-state index contributed by atoms with van der Waals surface area (Å²) in [6.07, 6.45) is -3.24. The minimum atomic E-state index is -3.76. The van der Waals surface area contributed by atoms with Gasteiger partial charge in [-0.2, -0.15) is 34.1 Å². The summed E-state index contributed by atoms with van der Waals surface area (Å²) in [5.74, 6) is 0. The second-order valence-electron chi connectivity index (χ2n) is 8.30. The SMILES string of the molecule is CCCN1C2OC3OC4C(OC3OC2N(CCC)S1(=O)=O)N(CCC)S(=O)(=O)N4CCC. The van der Waals surface area contributed by atoms with E-state index in [4.69, 9.17) is 18.9 Å². The van der Waals surface area contributed by atoms with Gasteiger partial charge in [-0.05, 0) is 25.7 Å². The Morgan fingerprint density at radius 1 is 0.500 bits per heavy atom. The second kappa shape index (κ2) is 9.32. The van der Waals surface area contributed by atoms with E-state index < -0.39 is 57.9 Å². The Hall–Kier alpha value is -0.420. The lowest BCUT2D eigenvalue weighted by atomic mass is 10.3. The molecule has 0 bridgehead atoms. The van der Waals surface area contributed by atoms with Crippen LogP contribution in [0.5, 0.6) is 0 Å². The molecule has 4 fully saturated rings. The predicted octanol–water partition coefficient (Wildman–Crippen LogP) is 0.401. The average Bonchev–Trinajstić information content (AvgIpc) is 3.06. The molecule has 4 unspecified atom stereocenters. The van der Waals surface area contributed by atoms with Crippen molar-refractivity contribution in [1.29, 1.82) is 0 Å². The molecular weight excluding hydrogens is 464 g/mol. The number of fused-ring (bicyclic) bond motifs is 3. The lowest BCUT2D eigenvalue weighted by Crippen LogP contribution is -2.63. The molecule has 0 aliphatic carbocycles. The molecule has 0 aromatic rings. The molecule has 0 aromatic carbocycles. The molecule has 12 nitrogen and oxygen atoms in total. The van der Waals surface area contributed by atoms with Gasteiger partial charge in [-0.15, -0.1) is 0 Å². The van der Waals surface area contributed by atoms with Crippen molar-refractivity contribution in [2.75, 3.05) is 26.2 Å². The van der Waals surface area contributed by atoms with Crippen LogP contribution in [0.2, 0.25) is 0 Å². The van der Waals surface area contributed by atoms with Crippen LogP contribution in [0, 0.1) is 0 Å². The lowest BCUT2D eigenvalue weighted by Gasteiger charge is -2.46. The molecule has 0 radical (unpaired) electrons. The van der Waals surface area contributed by atoms with Gasteiger partial charge < -0.3 is 18.9 Å². The van der Waals surface area contributed by atoms with Crippen LogP contribution >= 0.6 is 0 Å². The minimum absolute atomic E-state index is 0.276.